The molecule has 0 amide bonds. The van der Waals surface area contributed by atoms with Gasteiger partial charge in [-0.25, -0.2) is 4.39 Å². The monoisotopic (exact) mass is 255 g/mol. The first-order valence-electron chi connectivity index (χ1n) is 6.33. The van der Waals surface area contributed by atoms with Crippen LogP contribution in [0.3, 0.4) is 0 Å². The van der Waals surface area contributed by atoms with Crippen molar-refractivity contribution in [2.75, 3.05) is 19.7 Å². The molecule has 0 spiro atoms. The van der Waals surface area contributed by atoms with Gasteiger partial charge < -0.3 is 15.2 Å². The Morgan fingerprint density at radius 1 is 1.33 bits per heavy atom. The molecule has 18 heavy (non-hydrogen) atoms. The molecule has 0 bridgehead atoms. The smallest absolute Gasteiger partial charge is 0.126 e. The van der Waals surface area contributed by atoms with Crippen LogP contribution in [0.25, 0.3) is 0 Å². The quantitative estimate of drug-likeness (QED) is 0.695. The lowest BCUT2D eigenvalue weighted by Gasteiger charge is -2.14. The Morgan fingerprint density at radius 2 is 2.06 bits per heavy atom. The lowest BCUT2D eigenvalue weighted by atomic mass is 10.1. The van der Waals surface area contributed by atoms with Crippen LogP contribution in [0.2, 0.25) is 0 Å². The van der Waals surface area contributed by atoms with Crippen LogP contribution < -0.4 is 5.32 Å². The van der Waals surface area contributed by atoms with Crippen LogP contribution in [0.5, 0.6) is 0 Å². The van der Waals surface area contributed by atoms with E-state index in [1.807, 2.05) is 19.9 Å². The first-order valence-corrected chi connectivity index (χ1v) is 6.33. The van der Waals surface area contributed by atoms with Gasteiger partial charge in [0.15, 0.2) is 0 Å². The van der Waals surface area contributed by atoms with Crippen LogP contribution in [0.4, 0.5) is 4.39 Å². The highest BCUT2D eigenvalue weighted by atomic mass is 19.1. The largest absolute Gasteiger partial charge is 0.389 e. The van der Waals surface area contributed by atoms with Crippen molar-refractivity contribution in [2.24, 2.45) is 0 Å². The molecule has 102 valence electrons. The van der Waals surface area contributed by atoms with Gasteiger partial charge in [0.2, 0.25) is 0 Å². The van der Waals surface area contributed by atoms with Crippen molar-refractivity contribution in [3.63, 3.8) is 0 Å². The van der Waals surface area contributed by atoms with Crippen molar-refractivity contribution in [1.29, 1.82) is 0 Å². The zero-order valence-electron chi connectivity index (χ0n) is 11.0. The van der Waals surface area contributed by atoms with Gasteiger partial charge in [-0.05, 0) is 38.4 Å². The predicted molar refractivity (Wildman–Crippen MR) is 70.1 cm³/mol. The van der Waals surface area contributed by atoms with Crippen LogP contribution in [-0.4, -0.2) is 37.0 Å². The first kappa shape index (κ1) is 15.1. The van der Waals surface area contributed by atoms with Gasteiger partial charge in [-0.3, -0.25) is 0 Å². The van der Waals surface area contributed by atoms with Crippen LogP contribution in [0.15, 0.2) is 24.3 Å². The second-order valence-electron chi connectivity index (χ2n) is 4.58. The maximum Gasteiger partial charge on any atom is 0.126 e. The van der Waals surface area contributed by atoms with Crippen molar-refractivity contribution in [2.45, 2.75) is 32.5 Å². The highest BCUT2D eigenvalue weighted by molar-refractivity contribution is 5.17. The Labute approximate surface area is 108 Å². The minimum Gasteiger partial charge on any atom is -0.389 e. The summed E-state index contributed by atoms with van der Waals surface area (Å²) in [5, 5.41) is 12.7. The Kier molecular flexibility index (Phi) is 6.86. The Bertz CT molecular complexity index is 344. The van der Waals surface area contributed by atoms with Gasteiger partial charge in [-0.15, -0.1) is 0 Å². The molecule has 0 aliphatic carbocycles. The molecular formula is C14H22FNO2. The molecule has 0 aliphatic rings. The van der Waals surface area contributed by atoms with Crippen LogP contribution in [0, 0.1) is 5.82 Å². The summed E-state index contributed by atoms with van der Waals surface area (Å²) in [6.45, 7) is 5.28. The number of halogens is 1. The number of hydrogen-bond donors (Lipinski definition) is 2. The minimum absolute atomic E-state index is 0.123. The topological polar surface area (TPSA) is 41.5 Å². The van der Waals surface area contributed by atoms with Crippen LogP contribution >= 0.6 is 0 Å². The van der Waals surface area contributed by atoms with Gasteiger partial charge in [0.25, 0.3) is 0 Å². The van der Waals surface area contributed by atoms with E-state index in [1.165, 1.54) is 6.07 Å². The highest BCUT2D eigenvalue weighted by Gasteiger charge is 2.05. The van der Waals surface area contributed by atoms with E-state index < -0.39 is 6.10 Å². The normalized spacial score (nSPS) is 12.9. The summed E-state index contributed by atoms with van der Waals surface area (Å²) >= 11 is 0. The van der Waals surface area contributed by atoms with E-state index in [0.717, 1.165) is 0 Å². The molecule has 1 aromatic rings. The Hall–Kier alpha value is -0.970. The molecule has 1 aromatic carbocycles. The molecule has 0 saturated carbocycles. The second kappa shape index (κ2) is 8.19. The number of aliphatic hydroxyl groups is 1. The average Bonchev–Trinajstić information content (AvgIpc) is 2.34. The zero-order valence-corrected chi connectivity index (χ0v) is 11.0. The number of hydrogen-bond acceptors (Lipinski definition) is 3. The summed E-state index contributed by atoms with van der Waals surface area (Å²) < 4.78 is 18.6. The Morgan fingerprint density at radius 3 is 2.72 bits per heavy atom. The molecule has 0 aromatic heterocycles. The van der Waals surface area contributed by atoms with Gasteiger partial charge >= 0.3 is 0 Å². The number of rotatable bonds is 8. The highest BCUT2D eigenvalue weighted by Crippen LogP contribution is 2.06. The fourth-order valence-corrected chi connectivity index (χ4v) is 1.56. The van der Waals surface area contributed by atoms with Crippen molar-refractivity contribution in [1.82, 2.24) is 5.32 Å². The lowest BCUT2D eigenvalue weighted by Crippen LogP contribution is -2.32. The molecule has 1 atom stereocenters. The molecule has 4 heteroatoms. The summed E-state index contributed by atoms with van der Waals surface area (Å²) in [6.07, 6.45) is 0.218. The predicted octanol–water partition coefficient (Wildman–Crippen LogP) is 1.74. The van der Waals surface area contributed by atoms with E-state index in [9.17, 15) is 9.50 Å². The maximum absolute atomic E-state index is 13.3. The lowest BCUT2D eigenvalue weighted by molar-refractivity contribution is 0.00651. The standard InChI is InChI=1S/C14H22FNO2/c1-11(2)18-10-13(17)9-16-8-7-12-5-3-4-6-14(12)15/h3-6,11,13,16-17H,7-10H2,1-2H3. The van der Waals surface area contributed by atoms with Gasteiger partial charge in [0, 0.05) is 6.54 Å². The van der Waals surface area contributed by atoms with E-state index >= 15 is 0 Å². The van der Waals surface area contributed by atoms with Crippen molar-refractivity contribution >= 4 is 0 Å². The van der Waals surface area contributed by atoms with Gasteiger partial charge in [-0.2, -0.15) is 0 Å². The molecule has 1 unspecified atom stereocenters. The molecule has 0 radical (unpaired) electrons. The summed E-state index contributed by atoms with van der Waals surface area (Å²) in [5.74, 6) is -0.178. The molecular weight excluding hydrogens is 233 g/mol. The molecule has 0 aliphatic heterocycles. The first-order chi connectivity index (χ1) is 8.59. The average molecular weight is 255 g/mol. The van der Waals surface area contributed by atoms with E-state index in [-0.39, 0.29) is 11.9 Å². The van der Waals surface area contributed by atoms with Crippen molar-refractivity contribution < 1.29 is 14.2 Å². The third-order valence-electron chi connectivity index (χ3n) is 2.53. The van der Waals surface area contributed by atoms with Gasteiger partial charge in [-0.1, -0.05) is 18.2 Å². The van der Waals surface area contributed by atoms with E-state index in [4.69, 9.17) is 4.74 Å². The minimum atomic E-state index is -0.520. The fourth-order valence-electron chi connectivity index (χ4n) is 1.56. The third kappa shape index (κ3) is 6.10. The van der Waals surface area contributed by atoms with Crippen LogP contribution in [-0.2, 0) is 11.2 Å². The summed E-state index contributed by atoms with van der Waals surface area (Å²) in [7, 11) is 0. The molecule has 1 rings (SSSR count). The van der Waals surface area contributed by atoms with Gasteiger partial charge in [0.1, 0.15) is 5.82 Å². The number of ether oxygens (including phenoxy) is 1. The summed E-state index contributed by atoms with van der Waals surface area (Å²) in [6, 6.07) is 6.74. The molecule has 0 heterocycles. The number of nitrogens with one attached hydrogen (secondary N) is 1. The van der Waals surface area contributed by atoms with Crippen molar-refractivity contribution in [3.05, 3.63) is 35.6 Å². The summed E-state index contributed by atoms with van der Waals surface area (Å²) in [4.78, 5) is 0. The summed E-state index contributed by atoms with van der Waals surface area (Å²) in [5.41, 5.74) is 0.693. The zero-order chi connectivity index (χ0) is 13.4. The number of benzene rings is 1. The van der Waals surface area contributed by atoms with E-state index in [1.54, 1.807) is 12.1 Å². The van der Waals surface area contributed by atoms with Crippen molar-refractivity contribution in [3.8, 4) is 0 Å². The van der Waals surface area contributed by atoms with Crippen LogP contribution in [0.1, 0.15) is 19.4 Å². The molecule has 3 nitrogen and oxygen atoms in total. The van der Waals surface area contributed by atoms with E-state index in [0.29, 0.717) is 31.7 Å². The van der Waals surface area contributed by atoms with Gasteiger partial charge in [0.05, 0.1) is 18.8 Å². The number of aliphatic hydroxyl groups excluding tert-OH is 1. The SMILES string of the molecule is CC(C)OCC(O)CNCCc1ccccc1F. The fraction of sp³-hybridized carbons (Fsp3) is 0.571. The molecule has 0 saturated heterocycles. The third-order valence-corrected chi connectivity index (χ3v) is 2.53. The maximum atomic E-state index is 13.3. The van der Waals surface area contributed by atoms with E-state index in [2.05, 4.69) is 5.32 Å². The molecule has 0 fully saturated rings. The Balaban J connectivity index is 2.13. The molecule has 2 N–H and O–H groups in total. The second-order valence-corrected chi connectivity index (χ2v) is 4.58.